The Labute approximate surface area is 97.3 Å². The Bertz CT molecular complexity index is 431. The van der Waals surface area contributed by atoms with Crippen molar-refractivity contribution >= 4 is 5.69 Å². The molecule has 2 aliphatic carbocycles. The highest BCUT2D eigenvalue weighted by molar-refractivity contribution is 5.53. The van der Waals surface area contributed by atoms with Gasteiger partial charge in [-0.1, -0.05) is 13.8 Å². The Hall–Kier alpha value is -1.05. The van der Waals surface area contributed by atoms with Crippen molar-refractivity contribution in [1.82, 2.24) is 4.98 Å². The molecule has 1 aromatic rings. The van der Waals surface area contributed by atoms with Crippen LogP contribution in [0, 0.1) is 5.41 Å². The van der Waals surface area contributed by atoms with Crippen LogP contribution >= 0.6 is 0 Å². The van der Waals surface area contributed by atoms with E-state index in [2.05, 4.69) is 18.8 Å². The van der Waals surface area contributed by atoms with Gasteiger partial charge in [0.1, 0.15) is 0 Å². The first-order valence-electron chi connectivity index (χ1n) is 6.33. The molecule has 0 saturated heterocycles. The lowest BCUT2D eigenvalue weighted by Crippen LogP contribution is -2.24. The molecule has 86 valence electrons. The second kappa shape index (κ2) is 3.22. The zero-order valence-corrected chi connectivity index (χ0v) is 10.2. The summed E-state index contributed by atoms with van der Waals surface area (Å²) in [7, 11) is 0. The van der Waals surface area contributed by atoms with E-state index >= 15 is 0 Å². The SMILES string of the molecule is CC1(C)CCc2c(N)cnc(C3CC3)c2C1. The van der Waals surface area contributed by atoms with Crippen LogP contribution in [0.1, 0.15) is 55.8 Å². The van der Waals surface area contributed by atoms with Crippen LogP contribution in [0.2, 0.25) is 0 Å². The molecule has 0 spiro atoms. The average Bonchev–Trinajstić information content (AvgIpc) is 3.00. The van der Waals surface area contributed by atoms with Gasteiger partial charge in [0, 0.05) is 11.6 Å². The quantitative estimate of drug-likeness (QED) is 0.783. The molecule has 1 aromatic heterocycles. The second-order valence-corrected chi connectivity index (χ2v) is 6.17. The van der Waals surface area contributed by atoms with E-state index in [-0.39, 0.29) is 0 Å². The first-order valence-corrected chi connectivity index (χ1v) is 6.33. The van der Waals surface area contributed by atoms with Crippen molar-refractivity contribution in [1.29, 1.82) is 0 Å². The molecular weight excluding hydrogens is 196 g/mol. The van der Waals surface area contributed by atoms with Crippen molar-refractivity contribution in [2.45, 2.75) is 51.9 Å². The summed E-state index contributed by atoms with van der Waals surface area (Å²) in [5.74, 6) is 0.739. The van der Waals surface area contributed by atoms with E-state index in [1.807, 2.05) is 6.20 Å². The molecule has 16 heavy (non-hydrogen) atoms. The third-order valence-corrected chi connectivity index (χ3v) is 4.04. The third-order valence-electron chi connectivity index (χ3n) is 4.04. The second-order valence-electron chi connectivity index (χ2n) is 6.17. The molecule has 0 bridgehead atoms. The molecule has 2 heteroatoms. The highest BCUT2D eigenvalue weighted by atomic mass is 14.8. The van der Waals surface area contributed by atoms with Gasteiger partial charge in [-0.05, 0) is 48.6 Å². The lowest BCUT2D eigenvalue weighted by atomic mass is 9.73. The fraction of sp³-hybridized carbons (Fsp3) is 0.643. The first kappa shape index (κ1) is 10.1. The predicted molar refractivity (Wildman–Crippen MR) is 66.4 cm³/mol. The number of nitrogens with two attached hydrogens (primary N) is 1. The van der Waals surface area contributed by atoms with E-state index in [0.29, 0.717) is 5.41 Å². The summed E-state index contributed by atoms with van der Waals surface area (Å²) < 4.78 is 0. The lowest BCUT2D eigenvalue weighted by Gasteiger charge is -2.33. The van der Waals surface area contributed by atoms with Crippen molar-refractivity contribution in [2.24, 2.45) is 5.41 Å². The molecule has 0 atom stereocenters. The molecular formula is C14H20N2. The maximum atomic E-state index is 6.06. The molecule has 0 unspecified atom stereocenters. The van der Waals surface area contributed by atoms with Gasteiger partial charge >= 0.3 is 0 Å². The van der Waals surface area contributed by atoms with Crippen LogP contribution in [0.25, 0.3) is 0 Å². The fourth-order valence-corrected chi connectivity index (χ4v) is 2.86. The molecule has 2 N–H and O–H groups in total. The van der Waals surface area contributed by atoms with E-state index in [0.717, 1.165) is 24.4 Å². The molecule has 1 heterocycles. The van der Waals surface area contributed by atoms with Crippen LogP contribution in [0.4, 0.5) is 5.69 Å². The molecule has 1 saturated carbocycles. The van der Waals surface area contributed by atoms with Gasteiger partial charge in [-0.2, -0.15) is 0 Å². The molecule has 0 amide bonds. The molecule has 2 aliphatic rings. The standard InChI is InChI=1S/C14H20N2/c1-14(2)6-5-10-11(7-14)13(9-3-4-9)16-8-12(10)15/h8-9H,3-7,15H2,1-2H3. The number of hydrogen-bond donors (Lipinski definition) is 1. The summed E-state index contributed by atoms with van der Waals surface area (Å²) in [4.78, 5) is 4.59. The Kier molecular flexibility index (Phi) is 2.04. The summed E-state index contributed by atoms with van der Waals surface area (Å²) in [6, 6.07) is 0. The Morgan fingerprint density at radius 3 is 2.75 bits per heavy atom. The highest BCUT2D eigenvalue weighted by Gasteiger charge is 2.34. The maximum Gasteiger partial charge on any atom is 0.0536 e. The Morgan fingerprint density at radius 1 is 1.31 bits per heavy atom. The minimum atomic E-state index is 0.423. The summed E-state index contributed by atoms with van der Waals surface area (Å²) in [5.41, 5.74) is 11.6. The van der Waals surface area contributed by atoms with Gasteiger partial charge in [0.15, 0.2) is 0 Å². The van der Waals surface area contributed by atoms with Crippen LogP contribution in [0.5, 0.6) is 0 Å². The lowest BCUT2D eigenvalue weighted by molar-refractivity contribution is 0.314. The number of nitrogens with zero attached hydrogens (tertiary/aromatic N) is 1. The van der Waals surface area contributed by atoms with Crippen molar-refractivity contribution in [3.63, 3.8) is 0 Å². The number of nitrogen functional groups attached to an aromatic ring is 1. The van der Waals surface area contributed by atoms with Crippen LogP contribution in [0.3, 0.4) is 0 Å². The normalized spacial score (nSPS) is 22.9. The summed E-state index contributed by atoms with van der Waals surface area (Å²) in [5, 5.41) is 0. The molecule has 0 aliphatic heterocycles. The Balaban J connectivity index is 2.10. The van der Waals surface area contributed by atoms with E-state index in [9.17, 15) is 0 Å². The van der Waals surface area contributed by atoms with E-state index in [1.54, 1.807) is 0 Å². The largest absolute Gasteiger partial charge is 0.397 e. The summed E-state index contributed by atoms with van der Waals surface area (Å²) in [6.07, 6.45) is 8.07. The molecule has 3 rings (SSSR count). The van der Waals surface area contributed by atoms with Crippen molar-refractivity contribution in [3.8, 4) is 0 Å². The molecule has 1 fully saturated rings. The average molecular weight is 216 g/mol. The van der Waals surface area contributed by atoms with Crippen molar-refractivity contribution in [3.05, 3.63) is 23.0 Å². The number of hydrogen-bond acceptors (Lipinski definition) is 2. The van der Waals surface area contributed by atoms with Gasteiger partial charge in [-0.15, -0.1) is 0 Å². The van der Waals surface area contributed by atoms with Gasteiger partial charge in [0.05, 0.1) is 11.9 Å². The number of rotatable bonds is 1. The topological polar surface area (TPSA) is 38.9 Å². The number of pyridine rings is 1. The molecule has 0 aromatic carbocycles. The number of anilines is 1. The maximum absolute atomic E-state index is 6.06. The monoisotopic (exact) mass is 216 g/mol. The van der Waals surface area contributed by atoms with Gasteiger partial charge in [0.25, 0.3) is 0 Å². The molecule has 2 nitrogen and oxygen atoms in total. The van der Waals surface area contributed by atoms with Gasteiger partial charge in [-0.25, -0.2) is 0 Å². The predicted octanol–water partition coefficient (Wildman–Crippen LogP) is 3.06. The smallest absolute Gasteiger partial charge is 0.0536 e. The fourth-order valence-electron chi connectivity index (χ4n) is 2.86. The summed E-state index contributed by atoms with van der Waals surface area (Å²) >= 11 is 0. The van der Waals surface area contributed by atoms with Crippen molar-refractivity contribution < 1.29 is 0 Å². The molecule has 0 radical (unpaired) electrons. The Morgan fingerprint density at radius 2 is 2.06 bits per heavy atom. The van der Waals surface area contributed by atoms with E-state index in [4.69, 9.17) is 5.73 Å². The third kappa shape index (κ3) is 1.60. The van der Waals surface area contributed by atoms with Crippen LogP contribution in [0.15, 0.2) is 6.20 Å². The zero-order valence-electron chi connectivity index (χ0n) is 10.2. The van der Waals surface area contributed by atoms with Crippen LogP contribution in [-0.4, -0.2) is 4.98 Å². The summed E-state index contributed by atoms with van der Waals surface area (Å²) in [6.45, 7) is 4.71. The number of aromatic nitrogens is 1. The minimum absolute atomic E-state index is 0.423. The van der Waals surface area contributed by atoms with Gasteiger partial charge in [-0.3, -0.25) is 4.98 Å². The van der Waals surface area contributed by atoms with E-state index < -0.39 is 0 Å². The first-order chi connectivity index (χ1) is 7.57. The minimum Gasteiger partial charge on any atom is -0.397 e. The van der Waals surface area contributed by atoms with Gasteiger partial charge in [0.2, 0.25) is 0 Å². The van der Waals surface area contributed by atoms with Crippen LogP contribution in [-0.2, 0) is 12.8 Å². The van der Waals surface area contributed by atoms with Crippen molar-refractivity contribution in [2.75, 3.05) is 5.73 Å². The van der Waals surface area contributed by atoms with Crippen LogP contribution < -0.4 is 5.73 Å². The van der Waals surface area contributed by atoms with Gasteiger partial charge < -0.3 is 5.73 Å². The zero-order chi connectivity index (χ0) is 11.3. The number of fused-ring (bicyclic) bond motifs is 1. The van der Waals surface area contributed by atoms with E-state index in [1.165, 1.54) is 36.1 Å². The highest BCUT2D eigenvalue weighted by Crippen LogP contribution is 2.46.